The molecule has 0 aliphatic rings. The van der Waals surface area contributed by atoms with Crippen molar-refractivity contribution in [1.82, 2.24) is 5.32 Å². The maximum Gasteiger partial charge on any atom is 0.408 e. The summed E-state index contributed by atoms with van der Waals surface area (Å²) in [6, 6.07) is -0.915. The fourth-order valence-electron chi connectivity index (χ4n) is 0.874. The fourth-order valence-corrected chi connectivity index (χ4v) is 2.39. The summed E-state index contributed by atoms with van der Waals surface area (Å²) in [5.41, 5.74) is -0.625. The molecule has 1 amide bonds. The zero-order valence-corrected chi connectivity index (χ0v) is 12.1. The van der Waals surface area contributed by atoms with Gasteiger partial charge in [-0.2, -0.15) is 11.8 Å². The van der Waals surface area contributed by atoms with Gasteiger partial charge in [0.1, 0.15) is 11.6 Å². The second-order valence-corrected chi connectivity index (χ2v) is 6.58. The molecule has 0 saturated carbocycles. The molecule has 0 saturated heterocycles. The minimum atomic E-state index is -1.05. The highest BCUT2D eigenvalue weighted by atomic mass is 32.2. The number of rotatable bonds is 6. The van der Waals surface area contributed by atoms with Crippen molar-refractivity contribution in [2.75, 3.05) is 17.1 Å². The van der Waals surface area contributed by atoms with E-state index in [-0.39, 0.29) is 0 Å². The summed E-state index contributed by atoms with van der Waals surface area (Å²) in [6.07, 6.45) is 1.24. The lowest BCUT2D eigenvalue weighted by atomic mass is 10.2. The van der Waals surface area contributed by atoms with Crippen molar-refractivity contribution in [3.8, 4) is 0 Å². The zero-order chi connectivity index (χ0) is 13.5. The molecule has 0 rings (SSSR count). The Morgan fingerprint density at radius 3 is 2.41 bits per heavy atom. The van der Waals surface area contributed by atoms with Gasteiger partial charge in [0.05, 0.1) is 0 Å². The van der Waals surface area contributed by atoms with E-state index in [4.69, 9.17) is 9.84 Å². The van der Waals surface area contributed by atoms with Gasteiger partial charge in [0.15, 0.2) is 0 Å². The monoisotopic (exact) mass is 281 g/mol. The molecule has 0 aromatic heterocycles. The lowest BCUT2D eigenvalue weighted by Crippen LogP contribution is -2.44. The van der Waals surface area contributed by atoms with E-state index in [0.717, 1.165) is 5.08 Å². The number of carbonyl (C=O) groups excluding carboxylic acids is 1. The Labute approximate surface area is 110 Å². The largest absolute Gasteiger partial charge is 0.480 e. The Morgan fingerprint density at radius 1 is 1.41 bits per heavy atom. The lowest BCUT2D eigenvalue weighted by molar-refractivity contribution is -0.138. The van der Waals surface area contributed by atoms with Gasteiger partial charge in [-0.15, -0.1) is 11.8 Å². The third-order valence-corrected chi connectivity index (χ3v) is 3.65. The van der Waals surface area contributed by atoms with E-state index >= 15 is 0 Å². The maximum absolute atomic E-state index is 11.4. The number of amides is 1. The summed E-state index contributed by atoms with van der Waals surface area (Å²) in [5.74, 6) is -0.723. The third-order valence-electron chi connectivity index (χ3n) is 1.47. The number of hydrogen-bond acceptors (Lipinski definition) is 5. The number of carboxylic acid groups (broad SMARTS) is 1. The third kappa shape index (κ3) is 9.17. The van der Waals surface area contributed by atoms with Crippen molar-refractivity contribution < 1.29 is 19.4 Å². The molecule has 0 aliphatic heterocycles. The van der Waals surface area contributed by atoms with Crippen LogP contribution in [-0.2, 0) is 9.53 Å². The van der Waals surface area contributed by atoms with Gasteiger partial charge in [-0.3, -0.25) is 0 Å². The molecule has 0 aromatic carbocycles. The first-order valence-electron chi connectivity index (χ1n) is 5.05. The van der Waals surface area contributed by atoms with Crippen LogP contribution in [0.25, 0.3) is 0 Å². The molecular weight excluding hydrogens is 262 g/mol. The van der Waals surface area contributed by atoms with Crippen LogP contribution < -0.4 is 5.32 Å². The van der Waals surface area contributed by atoms with Crippen LogP contribution >= 0.6 is 23.5 Å². The maximum atomic E-state index is 11.4. The topological polar surface area (TPSA) is 75.6 Å². The Balaban J connectivity index is 4.16. The summed E-state index contributed by atoms with van der Waals surface area (Å²) < 4.78 is 5.00. The minimum Gasteiger partial charge on any atom is -0.480 e. The number of ether oxygens (including phenoxy) is 1. The van der Waals surface area contributed by atoms with E-state index in [1.165, 1.54) is 11.8 Å². The summed E-state index contributed by atoms with van der Waals surface area (Å²) in [4.78, 5) is 22.3. The number of aliphatic carboxylic acids is 1. The van der Waals surface area contributed by atoms with Crippen molar-refractivity contribution in [1.29, 1.82) is 0 Å². The first-order chi connectivity index (χ1) is 7.76. The van der Waals surface area contributed by atoms with Gasteiger partial charge >= 0.3 is 12.1 Å². The number of carbonyl (C=O) groups is 2. The van der Waals surface area contributed by atoms with Gasteiger partial charge in [-0.05, 0) is 27.0 Å². The number of alkyl carbamates (subject to hydrolysis) is 1. The lowest BCUT2D eigenvalue weighted by Gasteiger charge is -2.21. The molecule has 1 unspecified atom stereocenters. The van der Waals surface area contributed by atoms with Gasteiger partial charge in [0, 0.05) is 10.8 Å². The van der Waals surface area contributed by atoms with Crippen molar-refractivity contribution in [3.05, 3.63) is 0 Å². The fraction of sp³-hybridized carbons (Fsp3) is 0.800. The number of carboxylic acids is 1. The van der Waals surface area contributed by atoms with E-state index in [2.05, 4.69) is 5.32 Å². The average molecular weight is 281 g/mol. The van der Waals surface area contributed by atoms with Crippen LogP contribution in [0.5, 0.6) is 0 Å². The molecule has 0 fully saturated rings. The first kappa shape index (κ1) is 16.4. The van der Waals surface area contributed by atoms with Crippen molar-refractivity contribution >= 4 is 35.6 Å². The zero-order valence-electron chi connectivity index (χ0n) is 10.5. The molecule has 0 heterocycles. The molecule has 0 radical (unpaired) electrons. The van der Waals surface area contributed by atoms with Gasteiger partial charge in [-0.1, -0.05) is 0 Å². The SMILES string of the molecule is CSCSCC(NC(=O)OC(C)(C)C)C(=O)O. The van der Waals surface area contributed by atoms with Crippen LogP contribution in [0.3, 0.4) is 0 Å². The molecule has 2 N–H and O–H groups in total. The standard InChI is InChI=1S/C10H19NO4S2/c1-10(2,3)15-9(14)11-7(8(12)13)5-17-6-16-4/h7H,5-6H2,1-4H3,(H,11,14)(H,12,13). The quantitative estimate of drug-likeness (QED) is 0.573. The van der Waals surface area contributed by atoms with Crippen LogP contribution in [0.15, 0.2) is 0 Å². The van der Waals surface area contributed by atoms with Crippen LogP contribution in [0, 0.1) is 0 Å². The molecule has 17 heavy (non-hydrogen) atoms. The molecule has 0 spiro atoms. The van der Waals surface area contributed by atoms with Crippen molar-refractivity contribution in [2.45, 2.75) is 32.4 Å². The van der Waals surface area contributed by atoms with Gasteiger partial charge in [0.2, 0.25) is 0 Å². The Kier molecular flexibility index (Phi) is 7.45. The van der Waals surface area contributed by atoms with Crippen LogP contribution in [0.4, 0.5) is 4.79 Å². The Bertz CT molecular complexity index is 266. The number of nitrogens with one attached hydrogen (secondary N) is 1. The number of hydrogen-bond donors (Lipinski definition) is 2. The summed E-state index contributed by atoms with van der Waals surface area (Å²) >= 11 is 3.07. The van der Waals surface area contributed by atoms with E-state index in [1.54, 1.807) is 32.5 Å². The minimum absolute atomic E-state index is 0.329. The number of thioether (sulfide) groups is 2. The van der Waals surface area contributed by atoms with E-state index in [1.807, 2.05) is 6.26 Å². The van der Waals surface area contributed by atoms with Gasteiger partial charge in [0.25, 0.3) is 0 Å². The molecule has 1 atom stereocenters. The Hall–Kier alpha value is -0.560. The van der Waals surface area contributed by atoms with Crippen LogP contribution in [0.2, 0.25) is 0 Å². The molecular formula is C10H19NO4S2. The molecule has 5 nitrogen and oxygen atoms in total. The van der Waals surface area contributed by atoms with Gasteiger partial charge in [-0.25, -0.2) is 9.59 Å². The van der Waals surface area contributed by atoms with E-state index in [0.29, 0.717) is 5.75 Å². The highest BCUT2D eigenvalue weighted by molar-refractivity contribution is 8.15. The van der Waals surface area contributed by atoms with Crippen molar-refractivity contribution in [3.63, 3.8) is 0 Å². The first-order valence-corrected chi connectivity index (χ1v) is 7.60. The average Bonchev–Trinajstić information content (AvgIpc) is 2.13. The highest BCUT2D eigenvalue weighted by Crippen LogP contribution is 2.11. The van der Waals surface area contributed by atoms with Gasteiger partial charge < -0.3 is 15.2 Å². The summed E-state index contributed by atoms with van der Waals surface area (Å²) in [6.45, 7) is 5.18. The summed E-state index contributed by atoms with van der Waals surface area (Å²) in [5, 5.41) is 12.1. The van der Waals surface area contributed by atoms with Crippen LogP contribution in [-0.4, -0.2) is 45.9 Å². The normalized spacial score (nSPS) is 12.9. The molecule has 0 bridgehead atoms. The van der Waals surface area contributed by atoms with Crippen molar-refractivity contribution in [2.24, 2.45) is 0 Å². The van der Waals surface area contributed by atoms with Crippen LogP contribution in [0.1, 0.15) is 20.8 Å². The predicted octanol–water partition coefficient (Wildman–Crippen LogP) is 2.02. The summed E-state index contributed by atoms with van der Waals surface area (Å²) in [7, 11) is 0. The Morgan fingerprint density at radius 2 is 2.00 bits per heavy atom. The second kappa shape index (κ2) is 7.71. The van der Waals surface area contributed by atoms with E-state index in [9.17, 15) is 9.59 Å². The molecule has 100 valence electrons. The van der Waals surface area contributed by atoms with E-state index < -0.39 is 23.7 Å². The molecule has 7 heteroatoms. The predicted molar refractivity (Wildman–Crippen MR) is 71.6 cm³/mol. The molecule has 0 aromatic rings. The smallest absolute Gasteiger partial charge is 0.408 e. The molecule has 0 aliphatic carbocycles. The second-order valence-electron chi connectivity index (χ2n) is 4.31. The highest BCUT2D eigenvalue weighted by Gasteiger charge is 2.23.